The van der Waals surface area contributed by atoms with Crippen LogP contribution >= 0.6 is 0 Å². The third kappa shape index (κ3) is 2.78. The standard InChI is InChI=1S/C17H13FN2O3/c1-9-2-4-10(5-3-9)17(22)20-14-12-7-6-11(18)8-13(12)23-15(14)16(19)21/h2-8H,1H3,(H2,19,21)(H,20,22). The zero-order chi connectivity index (χ0) is 16.6. The first kappa shape index (κ1) is 14.8. The molecule has 0 saturated heterocycles. The van der Waals surface area contributed by atoms with Gasteiger partial charge >= 0.3 is 0 Å². The number of hydrogen-bond acceptors (Lipinski definition) is 3. The monoisotopic (exact) mass is 312 g/mol. The number of rotatable bonds is 3. The van der Waals surface area contributed by atoms with Crippen molar-refractivity contribution in [2.24, 2.45) is 5.73 Å². The Morgan fingerprint density at radius 2 is 1.83 bits per heavy atom. The normalized spacial score (nSPS) is 10.7. The number of primary amides is 1. The number of benzene rings is 2. The molecule has 23 heavy (non-hydrogen) atoms. The van der Waals surface area contributed by atoms with Crippen LogP contribution in [0.25, 0.3) is 11.0 Å². The Bertz CT molecular complexity index is 913. The van der Waals surface area contributed by atoms with Gasteiger partial charge < -0.3 is 15.5 Å². The summed E-state index contributed by atoms with van der Waals surface area (Å²) in [6.45, 7) is 1.91. The predicted molar refractivity (Wildman–Crippen MR) is 83.8 cm³/mol. The van der Waals surface area contributed by atoms with E-state index in [0.717, 1.165) is 11.6 Å². The minimum atomic E-state index is -0.846. The van der Waals surface area contributed by atoms with E-state index in [9.17, 15) is 14.0 Å². The molecule has 0 bridgehead atoms. The highest BCUT2D eigenvalue weighted by molar-refractivity contribution is 6.14. The molecule has 1 aromatic heterocycles. The minimum absolute atomic E-state index is 0.137. The van der Waals surface area contributed by atoms with E-state index >= 15 is 0 Å². The maximum Gasteiger partial charge on any atom is 0.286 e. The van der Waals surface area contributed by atoms with Gasteiger partial charge in [-0.3, -0.25) is 9.59 Å². The number of fused-ring (bicyclic) bond motifs is 1. The molecule has 5 nitrogen and oxygen atoms in total. The van der Waals surface area contributed by atoms with E-state index in [1.807, 2.05) is 6.92 Å². The molecule has 6 heteroatoms. The van der Waals surface area contributed by atoms with Gasteiger partial charge in [0.05, 0.1) is 0 Å². The number of nitrogens with two attached hydrogens (primary N) is 1. The van der Waals surface area contributed by atoms with Gasteiger partial charge in [0, 0.05) is 17.0 Å². The van der Waals surface area contributed by atoms with Crippen molar-refractivity contribution < 1.29 is 18.4 Å². The molecule has 0 aliphatic carbocycles. The number of hydrogen-bond donors (Lipinski definition) is 2. The van der Waals surface area contributed by atoms with Crippen molar-refractivity contribution in [2.75, 3.05) is 5.32 Å². The van der Waals surface area contributed by atoms with Gasteiger partial charge in [-0.15, -0.1) is 0 Å². The molecule has 0 spiro atoms. The first-order valence-corrected chi connectivity index (χ1v) is 6.85. The third-order valence-corrected chi connectivity index (χ3v) is 3.43. The quantitative estimate of drug-likeness (QED) is 0.778. The fraction of sp³-hybridized carbons (Fsp3) is 0.0588. The molecule has 0 radical (unpaired) electrons. The highest BCUT2D eigenvalue weighted by atomic mass is 19.1. The SMILES string of the molecule is Cc1ccc(C(=O)Nc2c(C(N)=O)oc3cc(F)ccc23)cc1. The Morgan fingerprint density at radius 1 is 1.13 bits per heavy atom. The van der Waals surface area contributed by atoms with Gasteiger partial charge in [-0.25, -0.2) is 4.39 Å². The lowest BCUT2D eigenvalue weighted by atomic mass is 10.1. The fourth-order valence-electron chi connectivity index (χ4n) is 2.26. The zero-order valence-electron chi connectivity index (χ0n) is 12.2. The van der Waals surface area contributed by atoms with Crippen LogP contribution in [0.3, 0.4) is 0 Å². The summed E-state index contributed by atoms with van der Waals surface area (Å²) in [6.07, 6.45) is 0. The molecular weight excluding hydrogens is 299 g/mol. The molecule has 2 amide bonds. The molecule has 3 rings (SSSR count). The van der Waals surface area contributed by atoms with Crippen LogP contribution in [0.15, 0.2) is 46.9 Å². The van der Waals surface area contributed by atoms with Gasteiger partial charge in [-0.1, -0.05) is 17.7 Å². The number of carbonyl (C=O) groups is 2. The number of carbonyl (C=O) groups excluding carboxylic acids is 2. The van der Waals surface area contributed by atoms with Crippen molar-refractivity contribution >= 4 is 28.5 Å². The van der Waals surface area contributed by atoms with Crippen molar-refractivity contribution in [3.8, 4) is 0 Å². The molecule has 0 fully saturated rings. The largest absolute Gasteiger partial charge is 0.449 e. The smallest absolute Gasteiger partial charge is 0.286 e. The number of furan rings is 1. The van der Waals surface area contributed by atoms with E-state index in [2.05, 4.69) is 5.32 Å². The summed E-state index contributed by atoms with van der Waals surface area (Å²) in [6, 6.07) is 10.7. The second-order valence-corrected chi connectivity index (χ2v) is 5.13. The summed E-state index contributed by atoms with van der Waals surface area (Å²) in [7, 11) is 0. The van der Waals surface area contributed by atoms with Crippen molar-refractivity contribution in [3.05, 3.63) is 65.2 Å². The number of halogens is 1. The molecule has 3 N–H and O–H groups in total. The molecular formula is C17H13FN2O3. The molecule has 2 aromatic carbocycles. The molecule has 1 heterocycles. The van der Waals surface area contributed by atoms with Crippen LogP contribution in [0.1, 0.15) is 26.5 Å². The van der Waals surface area contributed by atoms with E-state index in [0.29, 0.717) is 10.9 Å². The lowest BCUT2D eigenvalue weighted by molar-refractivity contribution is 0.0977. The topological polar surface area (TPSA) is 85.3 Å². The Morgan fingerprint density at radius 3 is 2.48 bits per heavy atom. The summed E-state index contributed by atoms with van der Waals surface area (Å²) < 4.78 is 18.5. The van der Waals surface area contributed by atoms with Crippen LogP contribution in [-0.2, 0) is 0 Å². The van der Waals surface area contributed by atoms with E-state index in [-0.39, 0.29) is 17.0 Å². The van der Waals surface area contributed by atoms with Crippen molar-refractivity contribution in [2.45, 2.75) is 6.92 Å². The average molecular weight is 312 g/mol. The molecule has 0 unspecified atom stereocenters. The maximum atomic E-state index is 13.3. The molecule has 0 atom stereocenters. The average Bonchev–Trinajstić information content (AvgIpc) is 2.86. The van der Waals surface area contributed by atoms with Gasteiger partial charge in [-0.05, 0) is 31.2 Å². The molecule has 116 valence electrons. The molecule has 0 aliphatic rings. The molecule has 0 saturated carbocycles. The van der Waals surface area contributed by atoms with Crippen molar-refractivity contribution in [1.29, 1.82) is 0 Å². The van der Waals surface area contributed by atoms with Crippen molar-refractivity contribution in [1.82, 2.24) is 0 Å². The Hall–Kier alpha value is -3.15. The van der Waals surface area contributed by atoms with Gasteiger partial charge in [0.25, 0.3) is 11.8 Å². The van der Waals surface area contributed by atoms with E-state index in [1.54, 1.807) is 24.3 Å². The lowest BCUT2D eigenvalue weighted by Gasteiger charge is -2.05. The highest BCUT2D eigenvalue weighted by Gasteiger charge is 2.21. The summed E-state index contributed by atoms with van der Waals surface area (Å²) >= 11 is 0. The number of aryl methyl sites for hydroxylation is 1. The highest BCUT2D eigenvalue weighted by Crippen LogP contribution is 2.31. The third-order valence-electron chi connectivity index (χ3n) is 3.43. The number of amides is 2. The van der Waals surface area contributed by atoms with Crippen LogP contribution in [0.2, 0.25) is 0 Å². The van der Waals surface area contributed by atoms with Gasteiger partial charge in [0.15, 0.2) is 0 Å². The van der Waals surface area contributed by atoms with E-state index < -0.39 is 17.6 Å². The van der Waals surface area contributed by atoms with Crippen LogP contribution in [0.5, 0.6) is 0 Å². The number of nitrogens with one attached hydrogen (secondary N) is 1. The lowest BCUT2D eigenvalue weighted by Crippen LogP contribution is -2.17. The van der Waals surface area contributed by atoms with Gasteiger partial charge in [-0.2, -0.15) is 0 Å². The summed E-state index contributed by atoms with van der Waals surface area (Å²) in [5, 5.41) is 3.02. The fourth-order valence-corrected chi connectivity index (χ4v) is 2.26. The van der Waals surface area contributed by atoms with E-state index in [1.165, 1.54) is 12.1 Å². The second kappa shape index (κ2) is 5.57. The summed E-state index contributed by atoms with van der Waals surface area (Å²) in [5.41, 5.74) is 6.98. The zero-order valence-corrected chi connectivity index (χ0v) is 12.2. The maximum absolute atomic E-state index is 13.3. The summed E-state index contributed by atoms with van der Waals surface area (Å²) in [4.78, 5) is 23.9. The van der Waals surface area contributed by atoms with Crippen LogP contribution in [0, 0.1) is 12.7 Å². The van der Waals surface area contributed by atoms with Gasteiger partial charge in [0.1, 0.15) is 17.1 Å². The summed E-state index contributed by atoms with van der Waals surface area (Å²) in [5.74, 6) is -2.00. The predicted octanol–water partition coefficient (Wildman–Crippen LogP) is 3.23. The molecule has 3 aromatic rings. The number of anilines is 1. The molecule has 0 aliphatic heterocycles. The first-order chi connectivity index (χ1) is 11.0. The first-order valence-electron chi connectivity index (χ1n) is 6.85. The van der Waals surface area contributed by atoms with E-state index in [4.69, 9.17) is 10.2 Å². The minimum Gasteiger partial charge on any atom is -0.449 e. The van der Waals surface area contributed by atoms with Crippen molar-refractivity contribution in [3.63, 3.8) is 0 Å². The second-order valence-electron chi connectivity index (χ2n) is 5.13. The van der Waals surface area contributed by atoms with Crippen LogP contribution < -0.4 is 11.1 Å². The van der Waals surface area contributed by atoms with Crippen LogP contribution in [0.4, 0.5) is 10.1 Å². The van der Waals surface area contributed by atoms with Crippen LogP contribution in [-0.4, -0.2) is 11.8 Å². The Labute approximate surface area is 130 Å². The Balaban J connectivity index is 2.04. The van der Waals surface area contributed by atoms with Gasteiger partial charge in [0.2, 0.25) is 5.76 Å². The Kier molecular flexibility index (Phi) is 3.57.